The van der Waals surface area contributed by atoms with E-state index in [1.807, 2.05) is 0 Å². The van der Waals surface area contributed by atoms with Crippen LogP contribution in [0.4, 0.5) is 0 Å². The quantitative estimate of drug-likeness (QED) is 0.633. The Morgan fingerprint density at radius 3 is 2.50 bits per heavy atom. The first kappa shape index (κ1) is 13.7. The van der Waals surface area contributed by atoms with Crippen LogP contribution in [0, 0.1) is 11.8 Å². The lowest BCUT2D eigenvalue weighted by Gasteiger charge is -2.03. The Balaban J connectivity index is 2.56. The van der Waals surface area contributed by atoms with Gasteiger partial charge in [0.15, 0.2) is 0 Å². The Labute approximate surface area is 105 Å². The summed E-state index contributed by atoms with van der Waals surface area (Å²) in [6.07, 6.45) is 0.117. The van der Waals surface area contributed by atoms with Crippen LogP contribution in [0.5, 0.6) is 0 Å². The largest absolute Gasteiger partial charge is 0.384 e. The fourth-order valence-electron chi connectivity index (χ4n) is 1.25. The van der Waals surface area contributed by atoms with Crippen LogP contribution >= 0.6 is 0 Å². The van der Waals surface area contributed by atoms with Crippen LogP contribution in [0.15, 0.2) is 24.3 Å². The minimum Gasteiger partial charge on any atom is -0.384 e. The molecule has 1 rings (SSSR count). The molecule has 1 aromatic rings. The minimum absolute atomic E-state index is 0.117. The predicted molar refractivity (Wildman–Crippen MR) is 66.6 cm³/mol. The van der Waals surface area contributed by atoms with Crippen LogP contribution in [-0.4, -0.2) is 30.1 Å². The monoisotopic (exact) mass is 246 g/mol. The molecule has 0 saturated carbocycles. The number of rotatable bonds is 4. The highest BCUT2D eigenvalue weighted by Crippen LogP contribution is 2.03. The summed E-state index contributed by atoms with van der Waals surface area (Å²) < 4.78 is 0. The molecule has 0 aliphatic carbocycles. The lowest BCUT2D eigenvalue weighted by molar-refractivity contribution is -0.117. The number of carbonyl (C=O) groups excluding carboxylic acids is 2. The third-order valence-electron chi connectivity index (χ3n) is 2.12. The standard InChI is InChI=1S/C13H14N2O3/c14-12(17)7-8-15-13(18)11-5-3-10(4-6-11)2-1-9-16/h3-6,16H,7-9H2,(H2,14,17)(H,15,18). The molecular formula is C13H14N2O3. The molecule has 5 nitrogen and oxygen atoms in total. The molecule has 5 heteroatoms. The molecule has 0 radical (unpaired) electrons. The maximum absolute atomic E-state index is 11.6. The van der Waals surface area contributed by atoms with E-state index >= 15 is 0 Å². The topological polar surface area (TPSA) is 92.4 Å². The van der Waals surface area contributed by atoms with Crippen molar-refractivity contribution in [3.8, 4) is 11.8 Å². The van der Waals surface area contributed by atoms with Crippen molar-refractivity contribution in [2.45, 2.75) is 6.42 Å². The lowest BCUT2D eigenvalue weighted by Crippen LogP contribution is -2.27. The summed E-state index contributed by atoms with van der Waals surface area (Å²) in [6, 6.07) is 6.62. The summed E-state index contributed by atoms with van der Waals surface area (Å²) in [5.74, 6) is 4.52. The molecule has 0 aromatic heterocycles. The highest BCUT2D eigenvalue weighted by atomic mass is 16.2. The number of hydrogen-bond acceptors (Lipinski definition) is 3. The summed E-state index contributed by atoms with van der Waals surface area (Å²) in [6.45, 7) is 0.0234. The second kappa shape index (κ2) is 7.09. The molecule has 0 atom stereocenters. The third-order valence-corrected chi connectivity index (χ3v) is 2.12. The molecule has 0 aliphatic heterocycles. The van der Waals surface area contributed by atoms with Crippen molar-refractivity contribution in [3.63, 3.8) is 0 Å². The number of aliphatic hydroxyl groups excluding tert-OH is 1. The molecule has 0 fully saturated rings. The maximum atomic E-state index is 11.6. The average Bonchev–Trinajstić information content (AvgIpc) is 2.36. The van der Waals surface area contributed by atoms with Crippen molar-refractivity contribution >= 4 is 11.8 Å². The summed E-state index contributed by atoms with van der Waals surface area (Å²) >= 11 is 0. The Hall–Kier alpha value is -2.32. The van der Waals surface area contributed by atoms with Crippen molar-refractivity contribution in [1.29, 1.82) is 0 Å². The van der Waals surface area contributed by atoms with Crippen LogP contribution in [0.2, 0.25) is 0 Å². The molecule has 0 spiro atoms. The first-order valence-corrected chi connectivity index (χ1v) is 5.40. The zero-order valence-electron chi connectivity index (χ0n) is 9.77. The van der Waals surface area contributed by atoms with Gasteiger partial charge in [-0.25, -0.2) is 0 Å². The summed E-state index contributed by atoms with van der Waals surface area (Å²) in [4.78, 5) is 22.1. The number of aliphatic hydroxyl groups is 1. The Morgan fingerprint density at radius 2 is 1.94 bits per heavy atom. The molecule has 1 aromatic carbocycles. The number of nitrogens with two attached hydrogens (primary N) is 1. The predicted octanol–water partition coefficient (Wildman–Crippen LogP) is -0.364. The summed E-state index contributed by atoms with van der Waals surface area (Å²) in [5, 5.41) is 11.1. The fourth-order valence-corrected chi connectivity index (χ4v) is 1.25. The molecule has 4 N–H and O–H groups in total. The smallest absolute Gasteiger partial charge is 0.251 e. The van der Waals surface area contributed by atoms with Crippen LogP contribution < -0.4 is 11.1 Å². The lowest BCUT2D eigenvalue weighted by atomic mass is 10.1. The van der Waals surface area contributed by atoms with Gasteiger partial charge in [-0.3, -0.25) is 9.59 Å². The number of nitrogens with one attached hydrogen (secondary N) is 1. The highest BCUT2D eigenvalue weighted by Gasteiger charge is 2.04. The van der Waals surface area contributed by atoms with Crippen LogP contribution in [0.1, 0.15) is 22.3 Å². The number of primary amides is 1. The first-order valence-electron chi connectivity index (χ1n) is 5.40. The second-order valence-corrected chi connectivity index (χ2v) is 3.51. The van der Waals surface area contributed by atoms with Crippen molar-refractivity contribution < 1.29 is 14.7 Å². The van der Waals surface area contributed by atoms with Gasteiger partial charge in [-0.2, -0.15) is 0 Å². The Morgan fingerprint density at radius 1 is 1.28 bits per heavy atom. The Bertz CT molecular complexity index is 483. The van der Waals surface area contributed by atoms with E-state index in [4.69, 9.17) is 10.8 Å². The normalized spacial score (nSPS) is 9.17. The van der Waals surface area contributed by atoms with E-state index < -0.39 is 5.91 Å². The van der Waals surface area contributed by atoms with Gasteiger partial charge in [0.05, 0.1) is 0 Å². The van der Waals surface area contributed by atoms with Gasteiger partial charge < -0.3 is 16.2 Å². The molecule has 0 aliphatic rings. The fraction of sp³-hybridized carbons (Fsp3) is 0.231. The van der Waals surface area contributed by atoms with Crippen LogP contribution in [-0.2, 0) is 4.79 Å². The van der Waals surface area contributed by atoms with Crippen molar-refractivity contribution in [2.75, 3.05) is 13.2 Å². The van der Waals surface area contributed by atoms with E-state index in [9.17, 15) is 9.59 Å². The summed E-state index contributed by atoms with van der Waals surface area (Å²) in [7, 11) is 0. The van der Waals surface area contributed by atoms with E-state index in [0.717, 1.165) is 5.56 Å². The molecule has 0 unspecified atom stereocenters. The molecule has 2 amide bonds. The zero-order valence-corrected chi connectivity index (χ0v) is 9.77. The van der Waals surface area contributed by atoms with Gasteiger partial charge in [-0.15, -0.1) is 0 Å². The van der Waals surface area contributed by atoms with Gasteiger partial charge in [0.1, 0.15) is 6.61 Å². The van der Waals surface area contributed by atoms with E-state index in [2.05, 4.69) is 17.2 Å². The molecule has 0 bridgehead atoms. The van der Waals surface area contributed by atoms with Gasteiger partial charge in [-0.1, -0.05) is 11.8 Å². The van der Waals surface area contributed by atoms with E-state index in [1.54, 1.807) is 24.3 Å². The van der Waals surface area contributed by atoms with Crippen LogP contribution in [0.25, 0.3) is 0 Å². The minimum atomic E-state index is -0.454. The first-order chi connectivity index (χ1) is 8.63. The van der Waals surface area contributed by atoms with E-state index in [0.29, 0.717) is 5.56 Å². The Kier molecular flexibility index (Phi) is 5.42. The van der Waals surface area contributed by atoms with Gasteiger partial charge >= 0.3 is 0 Å². The SMILES string of the molecule is NC(=O)CCNC(=O)c1ccc(C#CCO)cc1. The van der Waals surface area contributed by atoms with Gasteiger partial charge in [0, 0.05) is 24.1 Å². The number of amides is 2. The summed E-state index contributed by atoms with van der Waals surface area (Å²) in [5.41, 5.74) is 6.16. The van der Waals surface area contributed by atoms with Gasteiger partial charge in [-0.05, 0) is 24.3 Å². The molecule has 18 heavy (non-hydrogen) atoms. The van der Waals surface area contributed by atoms with Gasteiger partial charge in [0.25, 0.3) is 5.91 Å². The third kappa shape index (κ3) is 4.68. The van der Waals surface area contributed by atoms with Crippen molar-refractivity contribution in [3.05, 3.63) is 35.4 Å². The molecular weight excluding hydrogens is 232 g/mol. The average molecular weight is 246 g/mol. The zero-order chi connectivity index (χ0) is 13.4. The second-order valence-electron chi connectivity index (χ2n) is 3.51. The molecule has 0 saturated heterocycles. The van der Waals surface area contributed by atoms with Gasteiger partial charge in [0.2, 0.25) is 5.91 Å². The number of carbonyl (C=O) groups is 2. The van der Waals surface area contributed by atoms with Crippen molar-refractivity contribution in [1.82, 2.24) is 5.32 Å². The number of benzene rings is 1. The maximum Gasteiger partial charge on any atom is 0.251 e. The number of hydrogen-bond donors (Lipinski definition) is 3. The molecule has 94 valence electrons. The van der Waals surface area contributed by atoms with Crippen molar-refractivity contribution in [2.24, 2.45) is 5.73 Å². The highest BCUT2D eigenvalue weighted by molar-refractivity contribution is 5.94. The molecule has 0 heterocycles. The van der Waals surface area contributed by atoms with Crippen LogP contribution in [0.3, 0.4) is 0 Å². The van der Waals surface area contributed by atoms with E-state index in [1.165, 1.54) is 0 Å². The van der Waals surface area contributed by atoms with E-state index in [-0.39, 0.29) is 25.5 Å².